The van der Waals surface area contributed by atoms with E-state index in [1.165, 1.54) is 16.0 Å². The van der Waals surface area contributed by atoms with Gasteiger partial charge in [0.25, 0.3) is 0 Å². The lowest BCUT2D eigenvalue weighted by Crippen LogP contribution is -2.26. The summed E-state index contributed by atoms with van der Waals surface area (Å²) in [5, 5.41) is 10.6. The van der Waals surface area contributed by atoms with Crippen molar-refractivity contribution in [1.29, 1.82) is 5.26 Å². The second kappa shape index (κ2) is 10.0. The summed E-state index contributed by atoms with van der Waals surface area (Å²) in [6.45, 7) is 9.47. The average molecular weight is 473 g/mol. The first-order valence-corrected chi connectivity index (χ1v) is 12.5. The topological polar surface area (TPSA) is 54.6 Å². The van der Waals surface area contributed by atoms with Crippen LogP contribution in [0.15, 0.2) is 47.5 Å². The fourth-order valence-electron chi connectivity index (χ4n) is 4.50. The monoisotopic (exact) mass is 472 g/mol. The zero-order chi connectivity index (χ0) is 24.3. The van der Waals surface area contributed by atoms with E-state index in [1.807, 2.05) is 30.5 Å². The molecule has 0 unspecified atom stereocenters. The van der Waals surface area contributed by atoms with Gasteiger partial charge >= 0.3 is 0 Å². The minimum Gasteiger partial charge on any atom is -0.493 e. The van der Waals surface area contributed by atoms with Crippen LogP contribution in [0.1, 0.15) is 59.9 Å². The minimum absolute atomic E-state index is 0.275. The molecule has 0 saturated carbocycles. The van der Waals surface area contributed by atoms with E-state index >= 15 is 0 Å². The highest BCUT2D eigenvalue weighted by Gasteiger charge is 2.32. The molecule has 1 aliphatic rings. The molecule has 0 bridgehead atoms. The van der Waals surface area contributed by atoms with Gasteiger partial charge in [-0.2, -0.15) is 5.26 Å². The largest absolute Gasteiger partial charge is 0.493 e. The number of aryl methyl sites for hydroxylation is 1. The lowest BCUT2D eigenvalue weighted by Gasteiger charge is -2.33. The van der Waals surface area contributed by atoms with E-state index in [1.54, 1.807) is 18.4 Å². The summed E-state index contributed by atoms with van der Waals surface area (Å²) >= 11 is 1.67. The zero-order valence-electron chi connectivity index (χ0n) is 20.6. The Hall–Kier alpha value is -3.10. The predicted molar refractivity (Wildman–Crippen MR) is 140 cm³/mol. The van der Waals surface area contributed by atoms with Crippen LogP contribution in [0.3, 0.4) is 0 Å². The number of hydrogen-bond donors (Lipinski definition) is 0. The molecule has 1 atom stereocenters. The van der Waals surface area contributed by atoms with Gasteiger partial charge in [0.1, 0.15) is 17.7 Å². The van der Waals surface area contributed by atoms with Crippen LogP contribution in [0.4, 0.5) is 5.00 Å². The van der Waals surface area contributed by atoms with Crippen molar-refractivity contribution in [2.75, 3.05) is 7.11 Å². The number of nitrogens with zero attached hydrogens (tertiary/aromatic N) is 2. The summed E-state index contributed by atoms with van der Waals surface area (Å²) in [4.78, 5) is 6.05. The zero-order valence-corrected chi connectivity index (χ0v) is 21.5. The molecule has 34 heavy (non-hydrogen) atoms. The van der Waals surface area contributed by atoms with Crippen molar-refractivity contribution >= 4 is 22.6 Å². The van der Waals surface area contributed by atoms with Crippen molar-refractivity contribution < 1.29 is 9.47 Å². The Labute approximate surface area is 206 Å². The third-order valence-electron chi connectivity index (χ3n) is 6.58. The molecule has 0 spiro atoms. The lowest BCUT2D eigenvalue weighted by molar-refractivity contribution is 0.218. The van der Waals surface area contributed by atoms with E-state index in [2.05, 4.69) is 52.0 Å². The summed E-state index contributed by atoms with van der Waals surface area (Å²) in [6.07, 6.45) is 4.94. The second-order valence-corrected chi connectivity index (χ2v) is 11.1. The van der Waals surface area contributed by atoms with E-state index in [0.717, 1.165) is 41.0 Å². The van der Waals surface area contributed by atoms with Crippen molar-refractivity contribution in [2.45, 2.75) is 53.6 Å². The third kappa shape index (κ3) is 5.34. The minimum atomic E-state index is 0.275. The van der Waals surface area contributed by atoms with Crippen LogP contribution >= 0.6 is 11.3 Å². The van der Waals surface area contributed by atoms with Crippen LogP contribution < -0.4 is 9.47 Å². The molecule has 176 valence electrons. The van der Waals surface area contributed by atoms with Gasteiger partial charge in [-0.3, -0.25) is 0 Å². The van der Waals surface area contributed by atoms with Gasteiger partial charge in [-0.15, -0.1) is 11.3 Å². The molecule has 4 rings (SSSR count). The SMILES string of the molecule is COc1cc(C=Nc2sc3c(c2C#N)CC[C@@H](C(C)(C)C)C3)ccc1OCc1cccc(C)c1. The number of fused-ring (bicyclic) bond motifs is 1. The van der Waals surface area contributed by atoms with Crippen LogP contribution in [0.5, 0.6) is 11.5 Å². The summed E-state index contributed by atoms with van der Waals surface area (Å²) in [7, 11) is 1.64. The van der Waals surface area contributed by atoms with E-state index in [-0.39, 0.29) is 5.41 Å². The number of aliphatic imine (C=N–C) groups is 1. The van der Waals surface area contributed by atoms with Crippen molar-refractivity contribution in [3.8, 4) is 17.6 Å². The number of hydrogen-bond acceptors (Lipinski definition) is 5. The van der Waals surface area contributed by atoms with Crippen LogP contribution in [0, 0.1) is 29.6 Å². The van der Waals surface area contributed by atoms with E-state index in [4.69, 9.17) is 14.5 Å². The van der Waals surface area contributed by atoms with Crippen LogP contribution in [-0.4, -0.2) is 13.3 Å². The molecule has 3 aromatic rings. The first-order valence-electron chi connectivity index (χ1n) is 11.7. The van der Waals surface area contributed by atoms with Gasteiger partial charge in [-0.05, 0) is 72.4 Å². The van der Waals surface area contributed by atoms with Crippen LogP contribution in [0.2, 0.25) is 0 Å². The van der Waals surface area contributed by atoms with E-state index in [9.17, 15) is 5.26 Å². The molecular formula is C29H32N2O2S. The van der Waals surface area contributed by atoms with Crippen molar-refractivity contribution in [2.24, 2.45) is 16.3 Å². The summed E-state index contributed by atoms with van der Waals surface area (Å²) in [5.41, 5.74) is 5.46. The first-order chi connectivity index (χ1) is 16.3. The molecule has 0 N–H and O–H groups in total. The van der Waals surface area contributed by atoms with Gasteiger partial charge in [-0.1, -0.05) is 50.6 Å². The Kier molecular flexibility index (Phi) is 7.09. The highest BCUT2D eigenvalue weighted by Crippen LogP contribution is 2.45. The maximum Gasteiger partial charge on any atom is 0.161 e. The molecular weight excluding hydrogens is 440 g/mol. The number of thiophene rings is 1. The Balaban J connectivity index is 1.52. The normalized spacial score (nSPS) is 15.7. The second-order valence-electron chi connectivity index (χ2n) is 10.0. The molecule has 0 radical (unpaired) electrons. The Morgan fingerprint density at radius 1 is 1.18 bits per heavy atom. The lowest BCUT2D eigenvalue weighted by atomic mass is 9.72. The maximum absolute atomic E-state index is 9.82. The highest BCUT2D eigenvalue weighted by atomic mass is 32.1. The van der Waals surface area contributed by atoms with E-state index in [0.29, 0.717) is 24.0 Å². The van der Waals surface area contributed by atoms with Gasteiger partial charge in [0, 0.05) is 11.1 Å². The van der Waals surface area contributed by atoms with Gasteiger partial charge < -0.3 is 9.47 Å². The molecule has 4 nitrogen and oxygen atoms in total. The number of methoxy groups -OCH3 is 1. The third-order valence-corrected chi connectivity index (χ3v) is 7.74. The predicted octanol–water partition coefficient (Wildman–Crippen LogP) is 7.42. The standard InChI is InChI=1S/C29H32N2O2S/c1-19-7-6-8-21(13-19)18-33-25-12-9-20(14-26(25)32-5)17-31-28-24(16-30)23-11-10-22(29(2,3)4)15-27(23)34-28/h6-9,12-14,17,22H,10-11,15,18H2,1-5H3/t22-/m1/s1. The Bertz CT molecular complexity index is 1240. The fourth-order valence-corrected chi connectivity index (χ4v) is 5.72. The van der Waals surface area contributed by atoms with Gasteiger partial charge in [-0.25, -0.2) is 4.99 Å². The molecule has 1 aromatic heterocycles. The molecule has 2 aromatic carbocycles. The Morgan fingerprint density at radius 2 is 2.00 bits per heavy atom. The van der Waals surface area contributed by atoms with Crippen molar-refractivity contribution in [1.82, 2.24) is 0 Å². The number of ether oxygens (including phenoxy) is 2. The molecule has 0 aliphatic heterocycles. The van der Waals surface area contributed by atoms with Gasteiger partial charge in [0.15, 0.2) is 11.5 Å². The molecule has 1 heterocycles. The maximum atomic E-state index is 9.82. The van der Waals surface area contributed by atoms with Crippen molar-refractivity contribution in [3.05, 3.63) is 75.2 Å². The quantitative estimate of drug-likeness (QED) is 0.351. The summed E-state index contributed by atoms with van der Waals surface area (Å²) in [6, 6.07) is 16.5. The fraction of sp³-hybridized carbons (Fsp3) is 0.379. The van der Waals surface area contributed by atoms with Crippen LogP contribution in [-0.2, 0) is 19.4 Å². The van der Waals surface area contributed by atoms with Gasteiger partial charge in [0.2, 0.25) is 0 Å². The summed E-state index contributed by atoms with van der Waals surface area (Å²) in [5.74, 6) is 1.99. The van der Waals surface area contributed by atoms with Crippen LogP contribution in [0.25, 0.3) is 0 Å². The molecule has 0 fully saturated rings. The Morgan fingerprint density at radius 3 is 2.71 bits per heavy atom. The highest BCUT2D eigenvalue weighted by molar-refractivity contribution is 7.16. The number of rotatable bonds is 6. The average Bonchev–Trinajstić information content (AvgIpc) is 3.17. The number of benzene rings is 2. The smallest absolute Gasteiger partial charge is 0.161 e. The van der Waals surface area contributed by atoms with E-state index < -0.39 is 0 Å². The summed E-state index contributed by atoms with van der Waals surface area (Å²) < 4.78 is 11.6. The first kappa shape index (κ1) is 24.0. The molecule has 0 amide bonds. The molecule has 0 saturated heterocycles. The van der Waals surface area contributed by atoms with Crippen molar-refractivity contribution in [3.63, 3.8) is 0 Å². The molecule has 5 heteroatoms. The molecule has 1 aliphatic carbocycles. The van der Waals surface area contributed by atoms with Gasteiger partial charge in [0.05, 0.1) is 12.7 Å². The number of nitriles is 1.